The van der Waals surface area contributed by atoms with Crippen molar-refractivity contribution in [3.8, 4) is 0 Å². The third-order valence-corrected chi connectivity index (χ3v) is 4.09. The number of ether oxygens (including phenoxy) is 1. The standard InChI is InChI=1S/C16H13Cl3O2/c1-9-3-4-11(10(2)5-9)8-21-16(20)13-6-12(17)7-14(18)15(13)19/h3-7H,8H2,1-2H3. The minimum absolute atomic E-state index is 0.145. The van der Waals surface area contributed by atoms with Crippen molar-refractivity contribution in [3.63, 3.8) is 0 Å². The van der Waals surface area contributed by atoms with Crippen molar-refractivity contribution in [3.05, 3.63) is 67.7 Å². The van der Waals surface area contributed by atoms with Crippen molar-refractivity contribution in [1.82, 2.24) is 0 Å². The molecule has 2 aromatic rings. The molecule has 0 saturated heterocycles. The molecule has 5 heteroatoms. The van der Waals surface area contributed by atoms with Crippen LogP contribution >= 0.6 is 34.8 Å². The van der Waals surface area contributed by atoms with E-state index in [1.807, 2.05) is 32.0 Å². The van der Waals surface area contributed by atoms with Crippen molar-refractivity contribution in [2.45, 2.75) is 20.5 Å². The van der Waals surface area contributed by atoms with Crippen LogP contribution in [0.5, 0.6) is 0 Å². The Morgan fingerprint density at radius 2 is 1.81 bits per heavy atom. The normalized spacial score (nSPS) is 10.5. The molecule has 0 fully saturated rings. The monoisotopic (exact) mass is 342 g/mol. The van der Waals surface area contributed by atoms with Gasteiger partial charge in [0.25, 0.3) is 0 Å². The number of halogens is 3. The van der Waals surface area contributed by atoms with Crippen LogP contribution in [0.1, 0.15) is 27.0 Å². The van der Waals surface area contributed by atoms with E-state index < -0.39 is 5.97 Å². The van der Waals surface area contributed by atoms with Gasteiger partial charge in [-0.1, -0.05) is 58.6 Å². The lowest BCUT2D eigenvalue weighted by atomic mass is 10.1. The maximum absolute atomic E-state index is 12.1. The van der Waals surface area contributed by atoms with Crippen LogP contribution < -0.4 is 0 Å². The van der Waals surface area contributed by atoms with Crippen LogP contribution in [0.3, 0.4) is 0 Å². The fourth-order valence-corrected chi connectivity index (χ4v) is 2.61. The Bertz CT molecular complexity index is 696. The van der Waals surface area contributed by atoms with E-state index in [4.69, 9.17) is 39.5 Å². The second-order valence-electron chi connectivity index (χ2n) is 4.76. The van der Waals surface area contributed by atoms with E-state index in [0.29, 0.717) is 5.02 Å². The molecule has 0 heterocycles. The zero-order chi connectivity index (χ0) is 15.6. The lowest BCUT2D eigenvalue weighted by Crippen LogP contribution is -2.07. The zero-order valence-corrected chi connectivity index (χ0v) is 13.8. The van der Waals surface area contributed by atoms with E-state index in [2.05, 4.69) is 0 Å². The molecule has 0 amide bonds. The number of hydrogen-bond donors (Lipinski definition) is 0. The lowest BCUT2D eigenvalue weighted by molar-refractivity contribution is 0.0472. The van der Waals surface area contributed by atoms with Crippen LogP contribution in [0.25, 0.3) is 0 Å². The van der Waals surface area contributed by atoms with Gasteiger partial charge in [0.2, 0.25) is 0 Å². The van der Waals surface area contributed by atoms with Gasteiger partial charge >= 0.3 is 5.97 Å². The predicted molar refractivity (Wildman–Crippen MR) is 86.5 cm³/mol. The maximum Gasteiger partial charge on any atom is 0.340 e. The van der Waals surface area contributed by atoms with Crippen LogP contribution in [-0.4, -0.2) is 5.97 Å². The molecule has 2 aromatic carbocycles. The zero-order valence-electron chi connectivity index (χ0n) is 11.5. The topological polar surface area (TPSA) is 26.3 Å². The largest absolute Gasteiger partial charge is 0.457 e. The lowest BCUT2D eigenvalue weighted by Gasteiger charge is -2.10. The number of benzene rings is 2. The first-order chi connectivity index (χ1) is 9.88. The van der Waals surface area contributed by atoms with Crippen molar-refractivity contribution in [2.24, 2.45) is 0 Å². The second kappa shape index (κ2) is 6.69. The van der Waals surface area contributed by atoms with Crippen molar-refractivity contribution < 1.29 is 9.53 Å². The molecule has 0 aliphatic carbocycles. The molecule has 0 spiro atoms. The molecule has 0 saturated carbocycles. The van der Waals surface area contributed by atoms with Gasteiger partial charge < -0.3 is 4.74 Å². The summed E-state index contributed by atoms with van der Waals surface area (Å²) in [6, 6.07) is 8.86. The van der Waals surface area contributed by atoms with E-state index in [9.17, 15) is 4.79 Å². The summed E-state index contributed by atoms with van der Waals surface area (Å²) in [6.07, 6.45) is 0. The van der Waals surface area contributed by atoms with Gasteiger partial charge in [-0.25, -0.2) is 4.79 Å². The van der Waals surface area contributed by atoms with Crippen LogP contribution in [0.4, 0.5) is 0 Å². The molecule has 0 radical (unpaired) electrons. The molecule has 0 atom stereocenters. The third kappa shape index (κ3) is 3.91. The van der Waals surface area contributed by atoms with E-state index in [-0.39, 0.29) is 22.2 Å². The minimum atomic E-state index is -0.552. The van der Waals surface area contributed by atoms with Gasteiger partial charge in [0.05, 0.1) is 15.6 Å². The Morgan fingerprint density at radius 3 is 2.48 bits per heavy atom. The summed E-state index contributed by atoms with van der Waals surface area (Å²) in [5.41, 5.74) is 3.34. The summed E-state index contributed by atoms with van der Waals surface area (Å²) < 4.78 is 5.28. The third-order valence-electron chi connectivity index (χ3n) is 3.07. The van der Waals surface area contributed by atoms with E-state index in [1.54, 1.807) is 0 Å². The molecule has 0 N–H and O–H groups in total. The fraction of sp³-hybridized carbons (Fsp3) is 0.188. The smallest absolute Gasteiger partial charge is 0.340 e. The number of aryl methyl sites for hydroxylation is 2. The number of rotatable bonds is 3. The van der Waals surface area contributed by atoms with E-state index in [0.717, 1.165) is 16.7 Å². The molecule has 0 aliphatic heterocycles. The minimum Gasteiger partial charge on any atom is -0.457 e. The number of carbonyl (C=O) groups is 1. The van der Waals surface area contributed by atoms with Crippen LogP contribution in [0.2, 0.25) is 15.1 Å². The van der Waals surface area contributed by atoms with Gasteiger partial charge in [0, 0.05) is 5.02 Å². The van der Waals surface area contributed by atoms with Gasteiger partial charge in [0.15, 0.2) is 0 Å². The average Bonchev–Trinajstić information content (AvgIpc) is 2.41. The summed E-state index contributed by atoms with van der Waals surface area (Å²) in [7, 11) is 0. The highest BCUT2D eigenvalue weighted by molar-refractivity contribution is 6.45. The van der Waals surface area contributed by atoms with Gasteiger partial charge in [-0.3, -0.25) is 0 Å². The first-order valence-electron chi connectivity index (χ1n) is 6.26. The van der Waals surface area contributed by atoms with Crippen molar-refractivity contribution >= 4 is 40.8 Å². The molecule has 0 bridgehead atoms. The summed E-state index contributed by atoms with van der Waals surface area (Å²) in [5.74, 6) is -0.552. The first-order valence-corrected chi connectivity index (χ1v) is 7.39. The van der Waals surface area contributed by atoms with Gasteiger partial charge in [-0.15, -0.1) is 0 Å². The molecule has 2 nitrogen and oxygen atoms in total. The summed E-state index contributed by atoms with van der Waals surface area (Å²) in [4.78, 5) is 12.1. The average molecular weight is 344 g/mol. The number of hydrogen-bond acceptors (Lipinski definition) is 2. The Balaban J connectivity index is 2.15. The fourth-order valence-electron chi connectivity index (χ4n) is 1.93. The van der Waals surface area contributed by atoms with E-state index >= 15 is 0 Å². The number of carbonyl (C=O) groups excluding carboxylic acids is 1. The highest BCUT2D eigenvalue weighted by atomic mass is 35.5. The molecular formula is C16H13Cl3O2. The highest BCUT2D eigenvalue weighted by Crippen LogP contribution is 2.30. The Kier molecular flexibility index (Phi) is 5.15. The van der Waals surface area contributed by atoms with Crippen LogP contribution in [0, 0.1) is 13.8 Å². The summed E-state index contributed by atoms with van der Waals surface area (Å²) in [5, 5.41) is 0.706. The first kappa shape index (κ1) is 16.2. The molecule has 0 aromatic heterocycles. The van der Waals surface area contributed by atoms with Crippen LogP contribution in [-0.2, 0) is 11.3 Å². The Hall–Kier alpha value is -1.22. The SMILES string of the molecule is Cc1ccc(COC(=O)c2cc(Cl)cc(Cl)c2Cl)c(C)c1. The summed E-state index contributed by atoms with van der Waals surface area (Å²) in [6.45, 7) is 4.15. The molecular weight excluding hydrogens is 331 g/mol. The second-order valence-corrected chi connectivity index (χ2v) is 5.98. The van der Waals surface area contributed by atoms with Crippen LogP contribution in [0.15, 0.2) is 30.3 Å². The highest BCUT2D eigenvalue weighted by Gasteiger charge is 2.16. The Labute approximate surface area is 138 Å². The molecule has 110 valence electrons. The molecule has 0 aliphatic rings. The summed E-state index contributed by atoms with van der Waals surface area (Å²) >= 11 is 17.8. The number of esters is 1. The molecule has 0 unspecified atom stereocenters. The van der Waals surface area contributed by atoms with Crippen molar-refractivity contribution in [2.75, 3.05) is 0 Å². The Morgan fingerprint density at radius 1 is 1.10 bits per heavy atom. The van der Waals surface area contributed by atoms with Gasteiger partial charge in [-0.2, -0.15) is 0 Å². The van der Waals surface area contributed by atoms with Gasteiger partial charge in [0.1, 0.15) is 6.61 Å². The predicted octanol–water partition coefficient (Wildman–Crippen LogP) is 5.62. The van der Waals surface area contributed by atoms with E-state index in [1.165, 1.54) is 12.1 Å². The molecule has 2 rings (SSSR count). The quantitative estimate of drug-likeness (QED) is 0.534. The van der Waals surface area contributed by atoms with Crippen molar-refractivity contribution in [1.29, 1.82) is 0 Å². The maximum atomic E-state index is 12.1. The molecule has 21 heavy (non-hydrogen) atoms. The van der Waals surface area contributed by atoms with Gasteiger partial charge in [-0.05, 0) is 37.1 Å².